The number of hydrogen-bond donors (Lipinski definition) is 0. The van der Waals surface area contributed by atoms with Crippen LogP contribution in [0.15, 0.2) is 66.8 Å². The first kappa shape index (κ1) is 22.5. The highest BCUT2D eigenvalue weighted by molar-refractivity contribution is 5.79. The first-order chi connectivity index (χ1) is 15.3. The van der Waals surface area contributed by atoms with Gasteiger partial charge in [0.2, 0.25) is 5.88 Å². The third-order valence-electron chi connectivity index (χ3n) is 4.93. The van der Waals surface area contributed by atoms with Crippen LogP contribution in [0.4, 0.5) is 0 Å². The average Bonchev–Trinajstić information content (AvgIpc) is 3.22. The highest BCUT2D eigenvalue weighted by Crippen LogP contribution is 2.29. The molecule has 0 bridgehead atoms. The molecule has 0 amide bonds. The summed E-state index contributed by atoms with van der Waals surface area (Å²) >= 11 is 0. The van der Waals surface area contributed by atoms with Crippen molar-refractivity contribution in [2.75, 3.05) is 6.61 Å². The van der Waals surface area contributed by atoms with Crippen LogP contribution in [0.1, 0.15) is 58.9 Å². The van der Waals surface area contributed by atoms with Crippen molar-refractivity contribution in [2.24, 2.45) is 0 Å². The second-order valence-corrected chi connectivity index (χ2v) is 7.38. The molecule has 0 fully saturated rings. The van der Waals surface area contributed by atoms with Crippen molar-refractivity contribution in [2.45, 2.75) is 58.9 Å². The van der Waals surface area contributed by atoms with Crippen LogP contribution >= 0.6 is 0 Å². The van der Waals surface area contributed by atoms with Crippen molar-refractivity contribution in [3.63, 3.8) is 0 Å². The van der Waals surface area contributed by atoms with Crippen LogP contribution in [-0.4, -0.2) is 26.4 Å². The molecule has 0 spiro atoms. The summed E-state index contributed by atoms with van der Waals surface area (Å²) in [5.74, 6) is 2.11. The molecule has 3 aromatic rings. The van der Waals surface area contributed by atoms with E-state index in [1.165, 1.54) is 6.33 Å². The summed E-state index contributed by atoms with van der Waals surface area (Å²) in [6.45, 7) is 6.94. The molecule has 6 nitrogen and oxygen atoms in total. The Morgan fingerprint density at radius 2 is 1.84 bits per heavy atom. The van der Waals surface area contributed by atoms with E-state index in [4.69, 9.17) is 9.47 Å². The Morgan fingerprint density at radius 1 is 1.06 bits per heavy atom. The van der Waals surface area contributed by atoms with Gasteiger partial charge in [-0.2, -0.15) is 10.1 Å². The van der Waals surface area contributed by atoms with E-state index < -0.39 is 0 Å². The van der Waals surface area contributed by atoms with E-state index in [1.54, 1.807) is 6.20 Å². The molecular formula is C25H32N4O2. The number of para-hydroxylation sites is 1. The molecule has 0 aliphatic heterocycles. The Balaban J connectivity index is 1.79. The fourth-order valence-electron chi connectivity index (χ4n) is 3.55. The monoisotopic (exact) mass is 420 g/mol. The van der Waals surface area contributed by atoms with Crippen molar-refractivity contribution in [1.29, 1.82) is 0 Å². The summed E-state index contributed by atoms with van der Waals surface area (Å²) in [6.07, 6.45) is 14.4. The summed E-state index contributed by atoms with van der Waals surface area (Å²) < 4.78 is 14.0. The van der Waals surface area contributed by atoms with Crippen molar-refractivity contribution in [1.82, 2.24) is 19.7 Å². The maximum absolute atomic E-state index is 6.23. The molecule has 2 aromatic heterocycles. The van der Waals surface area contributed by atoms with Crippen molar-refractivity contribution < 1.29 is 9.47 Å². The zero-order valence-corrected chi connectivity index (χ0v) is 18.7. The predicted molar refractivity (Wildman–Crippen MR) is 124 cm³/mol. The largest absolute Gasteiger partial charge is 0.490 e. The lowest BCUT2D eigenvalue weighted by Gasteiger charge is -2.18. The Morgan fingerprint density at radius 3 is 2.55 bits per heavy atom. The second-order valence-electron chi connectivity index (χ2n) is 7.38. The van der Waals surface area contributed by atoms with Gasteiger partial charge in [-0.15, -0.1) is 0 Å². The lowest BCUT2D eigenvalue weighted by Crippen LogP contribution is -2.11. The maximum Gasteiger partial charge on any atom is 0.248 e. The maximum atomic E-state index is 6.23. The van der Waals surface area contributed by atoms with Gasteiger partial charge in [-0.05, 0) is 49.6 Å². The molecule has 164 valence electrons. The number of rotatable bonds is 12. The third kappa shape index (κ3) is 6.17. The second kappa shape index (κ2) is 11.9. The lowest BCUT2D eigenvalue weighted by atomic mass is 10.1. The first-order valence-electron chi connectivity index (χ1n) is 11.2. The Hall–Kier alpha value is -3.15. The van der Waals surface area contributed by atoms with Gasteiger partial charge in [-0.3, -0.25) is 4.68 Å². The van der Waals surface area contributed by atoms with Gasteiger partial charge in [0, 0.05) is 0 Å². The Labute approximate surface area is 184 Å². The van der Waals surface area contributed by atoms with Crippen LogP contribution in [0.3, 0.4) is 0 Å². The van der Waals surface area contributed by atoms with Crippen LogP contribution in [-0.2, 0) is 0 Å². The van der Waals surface area contributed by atoms with E-state index in [9.17, 15) is 0 Å². The lowest BCUT2D eigenvalue weighted by molar-refractivity contribution is 0.361. The number of hydrogen-bond acceptors (Lipinski definition) is 5. The molecule has 3 rings (SSSR count). The molecule has 0 N–H and O–H groups in total. The minimum Gasteiger partial charge on any atom is -0.490 e. The van der Waals surface area contributed by atoms with Crippen molar-refractivity contribution in [3.8, 4) is 11.6 Å². The van der Waals surface area contributed by atoms with Crippen LogP contribution in [0, 0.1) is 0 Å². The Bertz CT molecular complexity index is 989. The number of fused-ring (bicyclic) bond motifs is 1. The van der Waals surface area contributed by atoms with Crippen LogP contribution in [0.2, 0.25) is 0 Å². The van der Waals surface area contributed by atoms with Gasteiger partial charge in [0.25, 0.3) is 0 Å². The van der Waals surface area contributed by atoms with Gasteiger partial charge in [0.05, 0.1) is 12.2 Å². The molecule has 0 aliphatic carbocycles. The molecule has 2 heterocycles. The molecule has 0 saturated carbocycles. The molecule has 1 aromatic carbocycles. The number of allylic oxidation sites excluding steroid dienone is 2. The number of aromatic nitrogens is 4. The summed E-state index contributed by atoms with van der Waals surface area (Å²) in [5.41, 5.74) is 1.65. The van der Waals surface area contributed by atoms with E-state index >= 15 is 0 Å². The molecule has 0 atom stereocenters. The smallest absolute Gasteiger partial charge is 0.248 e. The molecule has 0 aliphatic rings. The number of ether oxygens (including phenoxy) is 2. The third-order valence-corrected chi connectivity index (χ3v) is 4.93. The van der Waals surface area contributed by atoms with Crippen LogP contribution < -0.4 is 9.47 Å². The minimum atomic E-state index is 0.314. The fourth-order valence-corrected chi connectivity index (χ4v) is 3.55. The van der Waals surface area contributed by atoms with E-state index in [-0.39, 0.29) is 0 Å². The Kier molecular flexibility index (Phi) is 8.64. The topological polar surface area (TPSA) is 62.1 Å². The number of benzene rings is 1. The van der Waals surface area contributed by atoms with E-state index in [2.05, 4.69) is 35.8 Å². The summed E-state index contributed by atoms with van der Waals surface area (Å²) in [5, 5.41) is 4.63. The highest BCUT2D eigenvalue weighted by Gasteiger charge is 2.18. The molecule has 0 saturated heterocycles. The summed E-state index contributed by atoms with van der Waals surface area (Å²) in [7, 11) is 0. The van der Waals surface area contributed by atoms with E-state index in [1.807, 2.05) is 53.2 Å². The fraction of sp³-hybridized carbons (Fsp3) is 0.400. The molecular weight excluding hydrogens is 388 g/mol. The van der Waals surface area contributed by atoms with Gasteiger partial charge >= 0.3 is 0 Å². The summed E-state index contributed by atoms with van der Waals surface area (Å²) in [4.78, 5) is 8.84. The quantitative estimate of drug-likeness (QED) is 0.255. The highest BCUT2D eigenvalue weighted by atomic mass is 16.5. The van der Waals surface area contributed by atoms with Gasteiger partial charge in [0.1, 0.15) is 35.5 Å². The van der Waals surface area contributed by atoms with E-state index in [0.29, 0.717) is 18.5 Å². The standard InChI is InChI=1S/C25H32N4O2/c1-4-11-20(12-5-2)29-24-23(18-28-29)26-19-27-25(24)31-22(13-6-3)16-10-17-30-21-14-8-7-9-15-21/h7-10,13-16,18-20H,4-6,11-12,17H2,1-3H3/b16-10-,22-13+. The van der Waals surface area contributed by atoms with Crippen LogP contribution in [0.5, 0.6) is 11.6 Å². The van der Waals surface area contributed by atoms with Gasteiger partial charge in [0.15, 0.2) is 0 Å². The summed E-state index contributed by atoms with van der Waals surface area (Å²) in [6, 6.07) is 10.1. The molecule has 0 unspecified atom stereocenters. The van der Waals surface area contributed by atoms with Gasteiger partial charge < -0.3 is 9.47 Å². The number of nitrogens with zero attached hydrogens (tertiary/aromatic N) is 4. The van der Waals surface area contributed by atoms with Crippen molar-refractivity contribution in [3.05, 3.63) is 66.8 Å². The average molecular weight is 421 g/mol. The van der Waals surface area contributed by atoms with Gasteiger partial charge in [-0.25, -0.2) is 4.98 Å². The predicted octanol–water partition coefficient (Wildman–Crippen LogP) is 6.28. The molecule has 0 radical (unpaired) electrons. The normalized spacial score (nSPS) is 12.2. The molecule has 6 heteroatoms. The minimum absolute atomic E-state index is 0.314. The SMILES string of the molecule is CC/C=C(\C=C/COc1ccccc1)Oc1ncnc2cnn(C(CCC)CCC)c12. The molecule has 31 heavy (non-hydrogen) atoms. The zero-order valence-electron chi connectivity index (χ0n) is 18.7. The van der Waals surface area contributed by atoms with Gasteiger partial charge in [-0.1, -0.05) is 51.8 Å². The van der Waals surface area contributed by atoms with E-state index in [0.717, 1.165) is 54.6 Å². The first-order valence-corrected chi connectivity index (χ1v) is 11.2. The van der Waals surface area contributed by atoms with Crippen LogP contribution in [0.25, 0.3) is 11.0 Å². The zero-order chi connectivity index (χ0) is 21.9. The van der Waals surface area contributed by atoms with Crippen molar-refractivity contribution >= 4 is 11.0 Å².